The zero-order chi connectivity index (χ0) is 24.9. The molecule has 4 aliphatic rings. The topological polar surface area (TPSA) is 20.2 Å². The van der Waals surface area contributed by atoms with Crippen LogP contribution in [0.15, 0.2) is 66.2 Å². The van der Waals surface area contributed by atoms with Gasteiger partial charge in [0.2, 0.25) is 0 Å². The maximum Gasteiger partial charge on any atom is 0.123 e. The first-order valence-corrected chi connectivity index (χ1v) is 14.6. The predicted octanol–water partition coefficient (Wildman–Crippen LogP) is 8.48. The number of hydrogen-bond donors (Lipinski definition) is 1. The predicted molar refractivity (Wildman–Crippen MR) is 145 cm³/mol. The standard InChI is InChI=1S/C34H43FO/c1-33-20-18-27(36)22-25(33)11-15-29-31-17-16-30(34(31,2)21-19-32(29)33)28(24-6-4-3-5-7-24)14-10-23-8-12-26(35)13-9-23/h3-9,11-13,27-32,36H,10,14-22H2,1-2H3/t27-,28?,29?,30?,31?,32?,33?,34?/m0/s1. The molecule has 0 spiro atoms. The lowest BCUT2D eigenvalue weighted by Crippen LogP contribution is -2.50. The van der Waals surface area contributed by atoms with Crippen LogP contribution >= 0.6 is 0 Å². The highest BCUT2D eigenvalue weighted by Crippen LogP contribution is 2.68. The first-order valence-electron chi connectivity index (χ1n) is 14.6. The van der Waals surface area contributed by atoms with Gasteiger partial charge in [-0.25, -0.2) is 4.39 Å². The first-order chi connectivity index (χ1) is 17.4. The zero-order valence-electron chi connectivity index (χ0n) is 22.1. The van der Waals surface area contributed by atoms with E-state index in [-0.39, 0.29) is 11.9 Å². The largest absolute Gasteiger partial charge is 0.393 e. The van der Waals surface area contributed by atoms with E-state index >= 15 is 0 Å². The molecular weight excluding hydrogens is 443 g/mol. The summed E-state index contributed by atoms with van der Waals surface area (Å²) in [6.07, 6.45) is 14.2. The van der Waals surface area contributed by atoms with Crippen LogP contribution in [-0.4, -0.2) is 11.2 Å². The zero-order valence-corrected chi connectivity index (χ0v) is 22.1. The van der Waals surface area contributed by atoms with Crippen molar-refractivity contribution in [3.63, 3.8) is 0 Å². The minimum Gasteiger partial charge on any atom is -0.393 e. The Morgan fingerprint density at radius 3 is 2.47 bits per heavy atom. The van der Waals surface area contributed by atoms with E-state index in [1.54, 1.807) is 17.7 Å². The fourth-order valence-electron chi connectivity index (χ4n) is 9.62. The van der Waals surface area contributed by atoms with Crippen LogP contribution in [0.25, 0.3) is 0 Å². The number of halogens is 1. The molecule has 192 valence electrons. The SMILES string of the molecule is CC12CC[C@H](O)CC1=CCC1C2CCC2(C)C(C(CCc3ccc(F)cc3)c3ccccc3)CCC12. The van der Waals surface area contributed by atoms with Crippen molar-refractivity contribution in [1.82, 2.24) is 0 Å². The number of aliphatic hydroxyl groups is 1. The Labute approximate surface area is 217 Å². The second kappa shape index (κ2) is 9.43. The maximum atomic E-state index is 13.5. The lowest BCUT2D eigenvalue weighted by molar-refractivity contribution is -0.0535. The van der Waals surface area contributed by atoms with E-state index in [1.165, 1.54) is 49.7 Å². The second-order valence-corrected chi connectivity index (χ2v) is 13.1. The van der Waals surface area contributed by atoms with Gasteiger partial charge in [0.25, 0.3) is 0 Å². The lowest BCUT2D eigenvalue weighted by Gasteiger charge is -2.58. The van der Waals surface area contributed by atoms with Gasteiger partial charge in [0.15, 0.2) is 0 Å². The molecule has 3 fully saturated rings. The van der Waals surface area contributed by atoms with Gasteiger partial charge in [0.1, 0.15) is 5.82 Å². The van der Waals surface area contributed by atoms with Gasteiger partial charge in [-0.1, -0.05) is 68.0 Å². The van der Waals surface area contributed by atoms with Gasteiger partial charge in [-0.15, -0.1) is 0 Å². The van der Waals surface area contributed by atoms with Gasteiger partial charge in [0.05, 0.1) is 6.10 Å². The van der Waals surface area contributed by atoms with E-state index in [4.69, 9.17) is 0 Å². The van der Waals surface area contributed by atoms with Crippen LogP contribution in [0.4, 0.5) is 4.39 Å². The molecular formula is C34H43FO. The molecule has 0 heterocycles. The third kappa shape index (κ3) is 4.08. The Morgan fingerprint density at radius 2 is 1.69 bits per heavy atom. The Balaban J connectivity index is 1.27. The average Bonchev–Trinajstić information content (AvgIpc) is 3.23. The van der Waals surface area contributed by atoms with Crippen molar-refractivity contribution in [3.05, 3.63) is 83.2 Å². The van der Waals surface area contributed by atoms with E-state index < -0.39 is 0 Å². The molecule has 1 N–H and O–H groups in total. The summed E-state index contributed by atoms with van der Waals surface area (Å²) in [5.74, 6) is 3.50. The molecule has 0 bridgehead atoms. The number of fused-ring (bicyclic) bond motifs is 5. The van der Waals surface area contributed by atoms with Crippen LogP contribution in [0.3, 0.4) is 0 Å². The van der Waals surface area contributed by atoms with Crippen molar-refractivity contribution in [2.75, 3.05) is 0 Å². The quantitative estimate of drug-likeness (QED) is 0.420. The van der Waals surface area contributed by atoms with Crippen LogP contribution in [0, 0.1) is 40.3 Å². The minimum absolute atomic E-state index is 0.127. The molecule has 7 unspecified atom stereocenters. The summed E-state index contributed by atoms with van der Waals surface area (Å²) in [6, 6.07) is 18.4. The van der Waals surface area contributed by atoms with Crippen LogP contribution in [0.2, 0.25) is 0 Å². The number of allylic oxidation sites excluding steroid dienone is 1. The van der Waals surface area contributed by atoms with E-state index in [0.717, 1.165) is 43.4 Å². The van der Waals surface area contributed by atoms with Crippen LogP contribution in [0.1, 0.15) is 88.7 Å². The van der Waals surface area contributed by atoms with E-state index in [2.05, 4.69) is 50.3 Å². The van der Waals surface area contributed by atoms with E-state index in [1.807, 2.05) is 12.1 Å². The third-order valence-corrected chi connectivity index (χ3v) is 11.5. The Morgan fingerprint density at radius 1 is 0.917 bits per heavy atom. The summed E-state index contributed by atoms with van der Waals surface area (Å²) in [5.41, 5.74) is 5.01. The summed E-state index contributed by atoms with van der Waals surface area (Å²) in [7, 11) is 0. The summed E-state index contributed by atoms with van der Waals surface area (Å²) >= 11 is 0. The Bertz CT molecular complexity index is 1090. The normalized spacial score (nSPS) is 38.4. The number of aryl methyl sites for hydroxylation is 1. The smallest absolute Gasteiger partial charge is 0.123 e. The number of aliphatic hydroxyl groups excluding tert-OH is 1. The highest BCUT2D eigenvalue weighted by molar-refractivity contribution is 5.28. The molecule has 2 heteroatoms. The minimum atomic E-state index is -0.146. The molecule has 6 rings (SSSR count). The van der Waals surface area contributed by atoms with Crippen molar-refractivity contribution in [3.8, 4) is 0 Å². The number of benzene rings is 2. The molecule has 36 heavy (non-hydrogen) atoms. The van der Waals surface area contributed by atoms with Gasteiger partial charge in [-0.3, -0.25) is 0 Å². The van der Waals surface area contributed by atoms with E-state index in [9.17, 15) is 9.50 Å². The second-order valence-electron chi connectivity index (χ2n) is 13.1. The highest BCUT2D eigenvalue weighted by Gasteiger charge is 2.59. The third-order valence-electron chi connectivity index (χ3n) is 11.5. The van der Waals surface area contributed by atoms with Crippen molar-refractivity contribution >= 4 is 0 Å². The molecule has 0 aromatic heterocycles. The number of hydrogen-bond acceptors (Lipinski definition) is 1. The first kappa shape index (κ1) is 24.4. The lowest BCUT2D eigenvalue weighted by atomic mass is 9.46. The van der Waals surface area contributed by atoms with Gasteiger partial charge in [0, 0.05) is 0 Å². The fraction of sp³-hybridized carbons (Fsp3) is 0.588. The molecule has 1 nitrogen and oxygen atoms in total. The van der Waals surface area contributed by atoms with Gasteiger partial charge in [-0.05, 0) is 128 Å². The molecule has 2 aromatic rings. The van der Waals surface area contributed by atoms with Gasteiger partial charge >= 0.3 is 0 Å². The molecule has 2 aromatic carbocycles. The average molecular weight is 487 g/mol. The molecule has 3 saturated carbocycles. The molecule has 8 atom stereocenters. The Kier molecular flexibility index (Phi) is 6.39. The summed E-state index contributed by atoms with van der Waals surface area (Å²) in [5, 5.41) is 10.3. The van der Waals surface area contributed by atoms with Crippen LogP contribution < -0.4 is 0 Å². The van der Waals surface area contributed by atoms with Crippen LogP contribution in [-0.2, 0) is 6.42 Å². The van der Waals surface area contributed by atoms with Crippen molar-refractivity contribution in [2.24, 2.45) is 34.5 Å². The van der Waals surface area contributed by atoms with Gasteiger partial charge < -0.3 is 5.11 Å². The summed E-state index contributed by atoms with van der Waals surface area (Å²) in [6.45, 7) is 5.18. The maximum absolute atomic E-state index is 13.5. The number of rotatable bonds is 5. The molecule has 0 amide bonds. The van der Waals surface area contributed by atoms with E-state index in [0.29, 0.717) is 22.7 Å². The molecule has 0 radical (unpaired) electrons. The van der Waals surface area contributed by atoms with Gasteiger partial charge in [-0.2, -0.15) is 0 Å². The molecule has 0 aliphatic heterocycles. The fourth-order valence-corrected chi connectivity index (χ4v) is 9.62. The highest BCUT2D eigenvalue weighted by atomic mass is 19.1. The summed E-state index contributed by atoms with van der Waals surface area (Å²) in [4.78, 5) is 0. The van der Waals surface area contributed by atoms with Crippen molar-refractivity contribution in [2.45, 2.75) is 90.1 Å². The van der Waals surface area contributed by atoms with Crippen LogP contribution in [0.5, 0.6) is 0 Å². The summed E-state index contributed by atoms with van der Waals surface area (Å²) < 4.78 is 13.5. The van der Waals surface area contributed by atoms with Crippen molar-refractivity contribution < 1.29 is 9.50 Å². The molecule has 4 aliphatic carbocycles. The van der Waals surface area contributed by atoms with Crippen molar-refractivity contribution in [1.29, 1.82) is 0 Å². The Hall–Kier alpha value is -1.93. The molecule has 0 saturated heterocycles. The monoisotopic (exact) mass is 486 g/mol.